The Hall–Kier alpha value is -1.61. The smallest absolute Gasteiger partial charge is 0.223 e. The summed E-state index contributed by atoms with van der Waals surface area (Å²) in [6.45, 7) is 0. The fourth-order valence-corrected chi connectivity index (χ4v) is 1.23. The molecule has 0 aromatic carbocycles. The first-order valence-electron chi connectivity index (χ1n) is 3.15. The number of aromatic nitrogens is 5. The summed E-state index contributed by atoms with van der Waals surface area (Å²) in [5.41, 5.74) is 0.354. The van der Waals surface area contributed by atoms with Crippen LogP contribution in [0, 0.1) is 0 Å². The molecule has 2 aromatic heterocycles. The number of rotatable bonds is 1. The fourth-order valence-electron chi connectivity index (χ4n) is 0.785. The van der Waals surface area contributed by atoms with Gasteiger partial charge < -0.3 is 0 Å². The van der Waals surface area contributed by atoms with Crippen molar-refractivity contribution < 1.29 is 8.42 Å². The van der Waals surface area contributed by atoms with Crippen molar-refractivity contribution in [3.05, 3.63) is 12.1 Å². The van der Waals surface area contributed by atoms with E-state index < -0.39 is 10.0 Å². The zero-order valence-electron chi connectivity index (χ0n) is 6.19. The number of primary sulfonamides is 1. The molecule has 0 atom stereocenters. The standard InChI is InChI=1S/C4H4N6O2S/c5-13(11,12)4-2-1-3-6-8-9-10(3)7-4/h1-2H,(H2,5,11,12). The minimum Gasteiger partial charge on any atom is -0.223 e. The van der Waals surface area contributed by atoms with E-state index in [2.05, 4.69) is 20.6 Å². The molecule has 0 unspecified atom stereocenters. The van der Waals surface area contributed by atoms with Crippen LogP contribution >= 0.6 is 0 Å². The summed E-state index contributed by atoms with van der Waals surface area (Å²) in [5.74, 6) is 0. The monoisotopic (exact) mass is 200 g/mol. The van der Waals surface area contributed by atoms with E-state index in [4.69, 9.17) is 5.14 Å². The predicted molar refractivity (Wildman–Crippen MR) is 40.0 cm³/mol. The molecule has 9 heteroatoms. The molecular weight excluding hydrogens is 196 g/mol. The third-order valence-electron chi connectivity index (χ3n) is 1.34. The summed E-state index contributed by atoms with van der Waals surface area (Å²) in [5, 5.41) is 18.4. The number of hydrogen-bond acceptors (Lipinski definition) is 6. The normalized spacial score (nSPS) is 12.1. The van der Waals surface area contributed by atoms with Crippen LogP contribution in [0.4, 0.5) is 0 Å². The third-order valence-corrected chi connectivity index (χ3v) is 2.14. The summed E-state index contributed by atoms with van der Waals surface area (Å²) < 4.78 is 22.6. The minimum atomic E-state index is -3.80. The van der Waals surface area contributed by atoms with E-state index in [9.17, 15) is 8.42 Å². The summed E-state index contributed by atoms with van der Waals surface area (Å²) >= 11 is 0. The maximum atomic E-state index is 10.8. The van der Waals surface area contributed by atoms with E-state index in [1.165, 1.54) is 12.1 Å². The molecule has 0 spiro atoms. The average Bonchev–Trinajstić information content (AvgIpc) is 2.47. The molecule has 0 saturated heterocycles. The van der Waals surface area contributed by atoms with Crippen molar-refractivity contribution in [3.63, 3.8) is 0 Å². The molecule has 13 heavy (non-hydrogen) atoms. The number of fused-ring (bicyclic) bond motifs is 1. The van der Waals surface area contributed by atoms with Gasteiger partial charge in [-0.05, 0) is 22.6 Å². The minimum absolute atomic E-state index is 0.271. The molecule has 0 saturated carbocycles. The predicted octanol–water partition coefficient (Wildman–Crippen LogP) is -1.83. The van der Waals surface area contributed by atoms with Gasteiger partial charge in [-0.15, -0.1) is 14.8 Å². The van der Waals surface area contributed by atoms with Crippen LogP contribution in [0.15, 0.2) is 17.2 Å². The number of nitrogens with zero attached hydrogens (tertiary/aromatic N) is 5. The molecule has 0 aliphatic carbocycles. The lowest BCUT2D eigenvalue weighted by atomic mass is 10.6. The van der Waals surface area contributed by atoms with Gasteiger partial charge in [0.25, 0.3) is 10.0 Å². The molecule has 8 nitrogen and oxygen atoms in total. The van der Waals surface area contributed by atoms with Gasteiger partial charge in [0.2, 0.25) is 0 Å². The maximum absolute atomic E-state index is 10.8. The number of tetrazole rings is 1. The highest BCUT2D eigenvalue weighted by Gasteiger charge is 2.10. The third kappa shape index (κ3) is 1.34. The Bertz CT molecular complexity index is 545. The van der Waals surface area contributed by atoms with Crippen molar-refractivity contribution in [1.82, 2.24) is 25.3 Å². The van der Waals surface area contributed by atoms with Gasteiger partial charge in [0.15, 0.2) is 10.7 Å². The van der Waals surface area contributed by atoms with Gasteiger partial charge in [-0.3, -0.25) is 0 Å². The Labute approximate surface area is 72.4 Å². The van der Waals surface area contributed by atoms with E-state index in [-0.39, 0.29) is 5.03 Å². The van der Waals surface area contributed by atoms with E-state index in [0.29, 0.717) is 5.65 Å². The summed E-state index contributed by atoms with van der Waals surface area (Å²) in [6, 6.07) is 2.65. The van der Waals surface area contributed by atoms with Crippen LogP contribution in [0.1, 0.15) is 0 Å². The van der Waals surface area contributed by atoms with Crippen LogP contribution in [0.3, 0.4) is 0 Å². The lowest BCUT2D eigenvalue weighted by Crippen LogP contribution is -2.15. The molecule has 2 rings (SSSR count). The SMILES string of the molecule is NS(=O)(=O)c1ccc2nnnn2n1. The second-order valence-electron chi connectivity index (χ2n) is 2.24. The molecule has 2 N–H and O–H groups in total. The lowest BCUT2D eigenvalue weighted by molar-refractivity contribution is 0.586. The van der Waals surface area contributed by atoms with E-state index >= 15 is 0 Å². The zero-order chi connectivity index (χ0) is 9.47. The zero-order valence-corrected chi connectivity index (χ0v) is 7.01. The Balaban J connectivity index is 2.75. The highest BCUT2D eigenvalue weighted by molar-refractivity contribution is 7.89. The van der Waals surface area contributed by atoms with Crippen molar-refractivity contribution in [1.29, 1.82) is 0 Å². The van der Waals surface area contributed by atoms with Crippen LogP contribution in [0.2, 0.25) is 0 Å². The van der Waals surface area contributed by atoms with Crippen LogP contribution < -0.4 is 5.14 Å². The molecule has 0 radical (unpaired) electrons. The molecule has 68 valence electrons. The van der Waals surface area contributed by atoms with Crippen molar-refractivity contribution in [3.8, 4) is 0 Å². The first kappa shape index (κ1) is 8.01. The van der Waals surface area contributed by atoms with E-state index in [0.717, 1.165) is 4.63 Å². The molecule has 0 amide bonds. The molecular formula is C4H4N6O2S. The first-order chi connectivity index (χ1) is 6.07. The summed E-state index contributed by atoms with van der Waals surface area (Å²) in [7, 11) is -3.80. The van der Waals surface area contributed by atoms with Crippen molar-refractivity contribution >= 4 is 15.7 Å². The Morgan fingerprint density at radius 1 is 1.38 bits per heavy atom. The molecule has 0 fully saturated rings. The van der Waals surface area contributed by atoms with Gasteiger partial charge in [0.05, 0.1) is 0 Å². The molecule has 0 bridgehead atoms. The van der Waals surface area contributed by atoms with Crippen molar-refractivity contribution in [2.24, 2.45) is 5.14 Å². The molecule has 2 aromatic rings. The van der Waals surface area contributed by atoms with E-state index in [1.54, 1.807) is 0 Å². The van der Waals surface area contributed by atoms with E-state index in [1.807, 2.05) is 0 Å². The number of sulfonamides is 1. The van der Waals surface area contributed by atoms with Crippen LogP contribution in [0.25, 0.3) is 5.65 Å². The quantitative estimate of drug-likeness (QED) is 0.578. The van der Waals surface area contributed by atoms with Crippen LogP contribution in [0.5, 0.6) is 0 Å². The second kappa shape index (κ2) is 2.44. The second-order valence-corrected chi connectivity index (χ2v) is 3.75. The van der Waals surface area contributed by atoms with Crippen LogP contribution in [-0.4, -0.2) is 33.7 Å². The van der Waals surface area contributed by atoms with Crippen molar-refractivity contribution in [2.75, 3.05) is 0 Å². The largest absolute Gasteiger partial charge is 0.257 e. The number of hydrogen-bond donors (Lipinski definition) is 1. The molecule has 2 heterocycles. The fraction of sp³-hybridized carbons (Fsp3) is 0. The van der Waals surface area contributed by atoms with Gasteiger partial charge in [-0.1, -0.05) is 0 Å². The summed E-state index contributed by atoms with van der Waals surface area (Å²) in [4.78, 5) is 0. The highest BCUT2D eigenvalue weighted by atomic mass is 32.2. The van der Waals surface area contributed by atoms with Crippen molar-refractivity contribution in [2.45, 2.75) is 5.03 Å². The topological polar surface area (TPSA) is 116 Å². The summed E-state index contributed by atoms with van der Waals surface area (Å²) in [6.07, 6.45) is 0. The first-order valence-corrected chi connectivity index (χ1v) is 4.70. The highest BCUT2D eigenvalue weighted by Crippen LogP contribution is 2.01. The Kier molecular flexibility index (Phi) is 1.50. The van der Waals surface area contributed by atoms with Gasteiger partial charge in [-0.25, -0.2) is 13.6 Å². The maximum Gasteiger partial charge on any atom is 0.257 e. The van der Waals surface area contributed by atoms with Gasteiger partial charge >= 0.3 is 0 Å². The van der Waals surface area contributed by atoms with Gasteiger partial charge in [0, 0.05) is 0 Å². The number of nitrogens with two attached hydrogens (primary N) is 1. The Morgan fingerprint density at radius 2 is 2.15 bits per heavy atom. The lowest BCUT2D eigenvalue weighted by Gasteiger charge is -1.94. The van der Waals surface area contributed by atoms with Gasteiger partial charge in [-0.2, -0.15) is 0 Å². The molecule has 0 aliphatic heterocycles. The van der Waals surface area contributed by atoms with Crippen LogP contribution in [-0.2, 0) is 10.0 Å². The Morgan fingerprint density at radius 3 is 2.85 bits per heavy atom. The van der Waals surface area contributed by atoms with Gasteiger partial charge in [0.1, 0.15) is 0 Å². The molecule has 0 aliphatic rings. The average molecular weight is 200 g/mol.